The van der Waals surface area contributed by atoms with Gasteiger partial charge in [-0.05, 0) is 42.2 Å². The number of hydrazine groups is 1. The molecule has 2 N–H and O–H groups in total. The molecule has 1 aliphatic rings. The zero-order chi connectivity index (χ0) is 19.2. The van der Waals surface area contributed by atoms with Gasteiger partial charge < -0.3 is 0 Å². The summed E-state index contributed by atoms with van der Waals surface area (Å²) in [7, 11) is 1.61. The summed E-state index contributed by atoms with van der Waals surface area (Å²) in [6.07, 6.45) is -3.15. The van der Waals surface area contributed by atoms with E-state index in [2.05, 4.69) is 15.8 Å². The van der Waals surface area contributed by atoms with E-state index in [9.17, 15) is 18.0 Å². The van der Waals surface area contributed by atoms with Crippen LogP contribution < -0.4 is 16.4 Å². The lowest BCUT2D eigenvalue weighted by molar-refractivity contribution is -0.137. The Morgan fingerprint density at radius 1 is 1.11 bits per heavy atom. The largest absolute Gasteiger partial charge is 0.416 e. The first-order chi connectivity index (χ1) is 12.9. The van der Waals surface area contributed by atoms with E-state index in [1.54, 1.807) is 7.05 Å². The summed E-state index contributed by atoms with van der Waals surface area (Å²) < 4.78 is 40.5. The van der Waals surface area contributed by atoms with Crippen LogP contribution in [0.1, 0.15) is 22.7 Å². The summed E-state index contributed by atoms with van der Waals surface area (Å²) in [5.74, 6) is 0.201. The molecule has 0 spiro atoms. The molecule has 0 amide bonds. The van der Waals surface area contributed by atoms with Gasteiger partial charge in [0, 0.05) is 13.1 Å². The Bertz CT molecular complexity index is 1050. The van der Waals surface area contributed by atoms with Crippen molar-refractivity contribution < 1.29 is 13.2 Å². The molecule has 4 rings (SSSR count). The second kappa shape index (κ2) is 6.38. The molecule has 8 heteroatoms. The highest BCUT2D eigenvalue weighted by Crippen LogP contribution is 2.33. The van der Waals surface area contributed by atoms with E-state index in [0.29, 0.717) is 12.8 Å². The maximum atomic E-state index is 13.1. The van der Waals surface area contributed by atoms with Crippen LogP contribution in [0.4, 0.5) is 19.1 Å². The van der Waals surface area contributed by atoms with Crippen molar-refractivity contribution in [3.05, 3.63) is 69.5 Å². The normalized spacial score (nSPS) is 14.5. The van der Waals surface area contributed by atoms with Crippen LogP contribution in [-0.4, -0.2) is 16.6 Å². The molecule has 1 aliphatic carbocycles. The molecule has 0 unspecified atom stereocenters. The Hall–Kier alpha value is -2.87. The fourth-order valence-electron chi connectivity index (χ4n) is 3.63. The van der Waals surface area contributed by atoms with Crippen molar-refractivity contribution in [3.63, 3.8) is 0 Å². The van der Waals surface area contributed by atoms with Crippen LogP contribution in [0.3, 0.4) is 0 Å². The molecule has 1 heterocycles. The smallest absolute Gasteiger partial charge is 0.291 e. The summed E-state index contributed by atoms with van der Waals surface area (Å²) in [5.41, 5.74) is 6.66. The lowest BCUT2D eigenvalue weighted by Crippen LogP contribution is -2.32. The van der Waals surface area contributed by atoms with Crippen LogP contribution in [-0.2, 0) is 19.0 Å². The number of alkyl halides is 3. The molecular weight excluding hydrogens is 357 g/mol. The van der Waals surface area contributed by atoms with Gasteiger partial charge in [-0.1, -0.05) is 24.3 Å². The van der Waals surface area contributed by atoms with Gasteiger partial charge >= 0.3 is 6.18 Å². The Kier molecular flexibility index (Phi) is 4.15. The molecule has 0 radical (unpaired) electrons. The highest BCUT2D eigenvalue weighted by molar-refractivity contribution is 5.79. The zero-order valence-electron chi connectivity index (χ0n) is 14.5. The van der Waals surface area contributed by atoms with Gasteiger partial charge in [-0.15, -0.1) is 0 Å². The third-order valence-electron chi connectivity index (χ3n) is 4.86. The second-order valence-corrected chi connectivity index (χ2v) is 6.55. The van der Waals surface area contributed by atoms with Gasteiger partial charge in [0.25, 0.3) is 5.56 Å². The topological polar surface area (TPSA) is 59.0 Å². The lowest BCUT2D eigenvalue weighted by atomic mass is 10.1. The molecule has 0 fully saturated rings. The van der Waals surface area contributed by atoms with Crippen LogP contribution in [0.2, 0.25) is 0 Å². The maximum absolute atomic E-state index is 13.1. The minimum absolute atomic E-state index is 0.0133. The van der Waals surface area contributed by atoms with E-state index in [-0.39, 0.29) is 28.5 Å². The van der Waals surface area contributed by atoms with Crippen LogP contribution in [0, 0.1) is 0 Å². The molecule has 0 saturated heterocycles. The predicted octanol–water partition coefficient (Wildman–Crippen LogP) is 3.30. The average molecular weight is 374 g/mol. The second-order valence-electron chi connectivity index (χ2n) is 6.55. The van der Waals surface area contributed by atoms with Gasteiger partial charge in [-0.25, -0.2) is 10.4 Å². The number of aromatic nitrogens is 2. The van der Waals surface area contributed by atoms with Crippen LogP contribution in [0.25, 0.3) is 10.9 Å². The SMILES string of the molecule is CNNc1nc2cc(C(F)(F)F)ccc2c(=O)n1C1Cc2ccccc2C1. The van der Waals surface area contributed by atoms with Gasteiger partial charge in [0.15, 0.2) is 0 Å². The maximum Gasteiger partial charge on any atom is 0.416 e. The molecule has 0 aliphatic heterocycles. The van der Waals surface area contributed by atoms with Gasteiger partial charge in [-0.2, -0.15) is 13.2 Å². The minimum atomic E-state index is -4.49. The molecular formula is C19H17F3N4O. The summed E-state index contributed by atoms with van der Waals surface area (Å²) in [4.78, 5) is 17.4. The van der Waals surface area contributed by atoms with Crippen LogP contribution >= 0.6 is 0 Å². The Labute approximate surface area is 152 Å². The first-order valence-corrected chi connectivity index (χ1v) is 8.51. The van der Waals surface area contributed by atoms with Crippen molar-refractivity contribution in [2.24, 2.45) is 0 Å². The number of hydrogen-bond donors (Lipinski definition) is 2. The van der Waals surface area contributed by atoms with E-state index in [1.807, 2.05) is 24.3 Å². The first kappa shape index (κ1) is 17.5. The van der Waals surface area contributed by atoms with Gasteiger partial charge in [0.1, 0.15) is 0 Å². The third kappa shape index (κ3) is 3.06. The van der Waals surface area contributed by atoms with E-state index in [4.69, 9.17) is 0 Å². The summed E-state index contributed by atoms with van der Waals surface area (Å²) >= 11 is 0. The van der Waals surface area contributed by atoms with E-state index in [0.717, 1.165) is 23.3 Å². The van der Waals surface area contributed by atoms with Crippen molar-refractivity contribution in [2.45, 2.75) is 25.1 Å². The monoisotopic (exact) mass is 374 g/mol. The summed E-state index contributed by atoms with van der Waals surface area (Å²) in [5, 5.41) is 0.167. The minimum Gasteiger partial charge on any atom is -0.291 e. The number of benzene rings is 2. The first-order valence-electron chi connectivity index (χ1n) is 8.51. The Balaban J connectivity index is 1.86. The van der Waals surface area contributed by atoms with Gasteiger partial charge in [0.05, 0.1) is 16.5 Å². The van der Waals surface area contributed by atoms with Crippen LogP contribution in [0.15, 0.2) is 47.3 Å². The van der Waals surface area contributed by atoms with Gasteiger partial charge in [-0.3, -0.25) is 14.8 Å². The fourth-order valence-corrected chi connectivity index (χ4v) is 3.63. The van der Waals surface area contributed by atoms with Crippen molar-refractivity contribution in [1.82, 2.24) is 15.0 Å². The molecule has 0 saturated carbocycles. The number of halogens is 3. The number of nitrogens with zero attached hydrogens (tertiary/aromatic N) is 2. The molecule has 1 aromatic heterocycles. The van der Waals surface area contributed by atoms with Crippen molar-refractivity contribution in [3.8, 4) is 0 Å². The molecule has 5 nitrogen and oxygen atoms in total. The standard InChI is InChI=1S/C19H17F3N4O/c1-23-25-18-24-16-10-13(19(20,21)22)6-7-15(16)17(27)26(18)14-8-11-4-2-3-5-12(11)9-14/h2-7,10,14,23H,8-9H2,1H3,(H,24,25). The highest BCUT2D eigenvalue weighted by atomic mass is 19.4. The molecule has 0 bridgehead atoms. The van der Waals surface area contributed by atoms with Crippen molar-refractivity contribution >= 4 is 16.9 Å². The predicted molar refractivity (Wildman–Crippen MR) is 96.6 cm³/mol. The lowest BCUT2D eigenvalue weighted by Gasteiger charge is -2.20. The third-order valence-corrected chi connectivity index (χ3v) is 4.86. The van der Waals surface area contributed by atoms with E-state index >= 15 is 0 Å². The molecule has 140 valence electrons. The van der Waals surface area contributed by atoms with E-state index in [1.165, 1.54) is 10.6 Å². The number of hydrogen-bond acceptors (Lipinski definition) is 4. The molecule has 2 aromatic carbocycles. The van der Waals surface area contributed by atoms with E-state index < -0.39 is 11.7 Å². The molecule has 3 aromatic rings. The number of nitrogens with one attached hydrogen (secondary N) is 2. The van der Waals surface area contributed by atoms with Crippen LogP contribution in [0.5, 0.6) is 0 Å². The fraction of sp³-hybridized carbons (Fsp3) is 0.263. The number of anilines is 1. The Morgan fingerprint density at radius 3 is 2.37 bits per heavy atom. The van der Waals surface area contributed by atoms with Crippen molar-refractivity contribution in [2.75, 3.05) is 12.5 Å². The average Bonchev–Trinajstić information content (AvgIpc) is 3.04. The zero-order valence-corrected chi connectivity index (χ0v) is 14.5. The Morgan fingerprint density at radius 2 is 1.78 bits per heavy atom. The number of rotatable bonds is 3. The highest BCUT2D eigenvalue weighted by Gasteiger charge is 2.32. The molecule has 0 atom stereocenters. The summed E-state index contributed by atoms with van der Waals surface area (Å²) in [6, 6.07) is 10.8. The van der Waals surface area contributed by atoms with Crippen molar-refractivity contribution in [1.29, 1.82) is 0 Å². The quantitative estimate of drug-likeness (QED) is 0.691. The van der Waals surface area contributed by atoms with Gasteiger partial charge in [0.2, 0.25) is 5.95 Å². The summed E-state index contributed by atoms with van der Waals surface area (Å²) in [6.45, 7) is 0. The number of fused-ring (bicyclic) bond motifs is 2. The molecule has 27 heavy (non-hydrogen) atoms.